The maximum Gasteiger partial charge on any atom is 0.258 e. The molecule has 1 N–H and O–H groups in total. The average molecular weight is 303 g/mol. The average Bonchev–Trinajstić information content (AvgIpc) is 2.75. The molecule has 0 aliphatic heterocycles. The standard InChI is InChI=1S/C15H11ClN2O3/c1-8(19)13-9(2)21-15(12(13)7-17)18-14(20)10-3-5-11(16)6-4-10/h3-6H,1-2H3,(H,18,20). The predicted octanol–water partition coefficient (Wildman–Crippen LogP) is 3.57. The lowest BCUT2D eigenvalue weighted by molar-refractivity contribution is 0.101. The van der Waals surface area contributed by atoms with Crippen LogP contribution < -0.4 is 5.32 Å². The summed E-state index contributed by atoms with van der Waals surface area (Å²) < 4.78 is 5.31. The second kappa shape index (κ2) is 5.81. The number of benzene rings is 1. The number of carbonyl (C=O) groups excluding carboxylic acids is 2. The highest BCUT2D eigenvalue weighted by Crippen LogP contribution is 2.27. The van der Waals surface area contributed by atoms with Crippen LogP contribution in [-0.4, -0.2) is 11.7 Å². The zero-order valence-corrected chi connectivity index (χ0v) is 12.1. The van der Waals surface area contributed by atoms with Gasteiger partial charge in [0.25, 0.3) is 5.91 Å². The first kappa shape index (κ1) is 14.8. The molecule has 0 aliphatic carbocycles. The lowest BCUT2D eigenvalue weighted by Gasteiger charge is -2.02. The fraction of sp³-hybridized carbons (Fsp3) is 0.133. The van der Waals surface area contributed by atoms with E-state index in [1.54, 1.807) is 31.2 Å². The smallest absolute Gasteiger partial charge is 0.258 e. The fourth-order valence-corrected chi connectivity index (χ4v) is 2.07. The molecule has 1 aromatic heterocycles. The minimum Gasteiger partial charge on any atom is -0.443 e. The maximum absolute atomic E-state index is 12.1. The molecule has 6 heteroatoms. The summed E-state index contributed by atoms with van der Waals surface area (Å²) in [6.45, 7) is 2.90. The van der Waals surface area contributed by atoms with Crippen LogP contribution in [0.1, 0.15) is 39.0 Å². The van der Waals surface area contributed by atoms with E-state index in [9.17, 15) is 9.59 Å². The molecular weight excluding hydrogens is 292 g/mol. The number of amides is 1. The van der Waals surface area contributed by atoms with Gasteiger partial charge in [0, 0.05) is 10.6 Å². The normalized spacial score (nSPS) is 10.0. The van der Waals surface area contributed by atoms with Gasteiger partial charge in [-0.1, -0.05) is 11.6 Å². The molecular formula is C15H11ClN2O3. The van der Waals surface area contributed by atoms with Gasteiger partial charge in [-0.15, -0.1) is 0 Å². The van der Waals surface area contributed by atoms with Crippen molar-refractivity contribution in [3.8, 4) is 6.07 Å². The molecule has 1 heterocycles. The van der Waals surface area contributed by atoms with Gasteiger partial charge in [0.2, 0.25) is 5.88 Å². The Balaban J connectivity index is 2.34. The van der Waals surface area contributed by atoms with Gasteiger partial charge in [0.1, 0.15) is 17.4 Å². The highest BCUT2D eigenvalue weighted by molar-refractivity contribution is 6.30. The maximum atomic E-state index is 12.1. The monoisotopic (exact) mass is 302 g/mol. The van der Waals surface area contributed by atoms with E-state index in [0.29, 0.717) is 16.3 Å². The molecule has 0 saturated carbocycles. The van der Waals surface area contributed by atoms with E-state index in [-0.39, 0.29) is 22.8 Å². The number of Topliss-reactive ketones (excluding diaryl/α,β-unsaturated/α-hetero) is 1. The molecule has 1 aromatic carbocycles. The molecule has 0 bridgehead atoms. The van der Waals surface area contributed by atoms with E-state index in [0.717, 1.165) is 0 Å². The van der Waals surface area contributed by atoms with Crippen molar-refractivity contribution < 1.29 is 14.0 Å². The first-order valence-electron chi connectivity index (χ1n) is 6.05. The molecule has 0 unspecified atom stereocenters. The Hall–Kier alpha value is -2.58. The third-order valence-electron chi connectivity index (χ3n) is 2.88. The summed E-state index contributed by atoms with van der Waals surface area (Å²) in [6, 6.07) is 8.13. The molecule has 2 rings (SSSR count). The Morgan fingerprint density at radius 3 is 2.43 bits per heavy atom. The largest absolute Gasteiger partial charge is 0.443 e. The van der Waals surface area contributed by atoms with Gasteiger partial charge in [-0.3, -0.25) is 14.9 Å². The number of nitrogens with zero attached hydrogens (tertiary/aromatic N) is 1. The number of hydrogen-bond donors (Lipinski definition) is 1. The molecule has 0 atom stereocenters. The molecule has 0 aliphatic rings. The lowest BCUT2D eigenvalue weighted by atomic mass is 10.1. The van der Waals surface area contributed by atoms with Crippen molar-refractivity contribution in [1.82, 2.24) is 0 Å². The van der Waals surface area contributed by atoms with E-state index < -0.39 is 5.91 Å². The third kappa shape index (κ3) is 2.96. The lowest BCUT2D eigenvalue weighted by Crippen LogP contribution is -2.12. The molecule has 0 spiro atoms. The predicted molar refractivity (Wildman–Crippen MR) is 77.6 cm³/mol. The van der Waals surface area contributed by atoms with Crippen LogP contribution in [0.4, 0.5) is 5.88 Å². The van der Waals surface area contributed by atoms with Crippen LogP contribution in [0.15, 0.2) is 28.7 Å². The van der Waals surface area contributed by atoms with E-state index in [2.05, 4.69) is 5.32 Å². The topological polar surface area (TPSA) is 83.1 Å². The summed E-state index contributed by atoms with van der Waals surface area (Å²) in [5.74, 6) is -0.475. The molecule has 0 fully saturated rings. The van der Waals surface area contributed by atoms with Crippen molar-refractivity contribution in [2.75, 3.05) is 5.32 Å². The van der Waals surface area contributed by atoms with E-state index in [1.807, 2.05) is 6.07 Å². The second-order valence-corrected chi connectivity index (χ2v) is 4.80. The van der Waals surface area contributed by atoms with Crippen molar-refractivity contribution in [3.05, 3.63) is 51.7 Å². The number of nitriles is 1. The highest BCUT2D eigenvalue weighted by Gasteiger charge is 2.22. The summed E-state index contributed by atoms with van der Waals surface area (Å²) in [6.07, 6.45) is 0. The second-order valence-electron chi connectivity index (χ2n) is 4.37. The molecule has 0 saturated heterocycles. The number of hydrogen-bond acceptors (Lipinski definition) is 4. The van der Waals surface area contributed by atoms with Crippen LogP contribution in [0.2, 0.25) is 5.02 Å². The van der Waals surface area contributed by atoms with Crippen LogP contribution in [-0.2, 0) is 0 Å². The Morgan fingerprint density at radius 2 is 1.90 bits per heavy atom. The minimum atomic E-state index is -0.452. The number of halogens is 1. The van der Waals surface area contributed by atoms with E-state index in [1.165, 1.54) is 6.92 Å². The van der Waals surface area contributed by atoms with Gasteiger partial charge >= 0.3 is 0 Å². The molecule has 1 amide bonds. The molecule has 2 aromatic rings. The summed E-state index contributed by atoms with van der Waals surface area (Å²) in [7, 11) is 0. The highest BCUT2D eigenvalue weighted by atomic mass is 35.5. The summed E-state index contributed by atoms with van der Waals surface area (Å²) in [5, 5.41) is 12.2. The number of rotatable bonds is 3. The van der Waals surface area contributed by atoms with E-state index >= 15 is 0 Å². The number of aryl methyl sites for hydroxylation is 1. The molecule has 106 valence electrons. The first-order valence-corrected chi connectivity index (χ1v) is 6.43. The number of furan rings is 1. The van der Waals surface area contributed by atoms with Crippen molar-refractivity contribution in [2.45, 2.75) is 13.8 Å². The summed E-state index contributed by atoms with van der Waals surface area (Å²) in [4.78, 5) is 23.6. The zero-order chi connectivity index (χ0) is 15.6. The van der Waals surface area contributed by atoms with Crippen LogP contribution in [0.25, 0.3) is 0 Å². The van der Waals surface area contributed by atoms with Crippen LogP contribution in [0.3, 0.4) is 0 Å². The zero-order valence-electron chi connectivity index (χ0n) is 11.4. The Kier molecular flexibility index (Phi) is 4.10. The van der Waals surface area contributed by atoms with Gasteiger partial charge in [-0.05, 0) is 38.1 Å². The molecule has 5 nitrogen and oxygen atoms in total. The molecule has 0 radical (unpaired) electrons. The van der Waals surface area contributed by atoms with Crippen molar-refractivity contribution in [1.29, 1.82) is 5.26 Å². The summed E-state index contributed by atoms with van der Waals surface area (Å²) >= 11 is 5.75. The third-order valence-corrected chi connectivity index (χ3v) is 3.13. The Bertz CT molecular complexity index is 754. The summed E-state index contributed by atoms with van der Waals surface area (Å²) in [5.41, 5.74) is 0.577. The number of nitrogens with one attached hydrogen (secondary N) is 1. The Labute approximate surface area is 126 Å². The van der Waals surface area contributed by atoms with Gasteiger partial charge in [0.05, 0.1) is 5.56 Å². The van der Waals surface area contributed by atoms with Crippen molar-refractivity contribution in [2.24, 2.45) is 0 Å². The first-order chi connectivity index (χ1) is 9.93. The Morgan fingerprint density at radius 1 is 1.29 bits per heavy atom. The van der Waals surface area contributed by atoms with E-state index in [4.69, 9.17) is 21.3 Å². The van der Waals surface area contributed by atoms with Crippen molar-refractivity contribution in [3.63, 3.8) is 0 Å². The number of carbonyl (C=O) groups is 2. The van der Waals surface area contributed by atoms with Gasteiger partial charge in [0.15, 0.2) is 5.78 Å². The minimum absolute atomic E-state index is 0.0276. The van der Waals surface area contributed by atoms with Crippen LogP contribution in [0, 0.1) is 18.3 Å². The van der Waals surface area contributed by atoms with Gasteiger partial charge in [-0.25, -0.2) is 0 Å². The van der Waals surface area contributed by atoms with Gasteiger partial charge < -0.3 is 4.42 Å². The van der Waals surface area contributed by atoms with Crippen LogP contribution >= 0.6 is 11.6 Å². The SMILES string of the molecule is CC(=O)c1c(C)oc(NC(=O)c2ccc(Cl)cc2)c1C#N. The quantitative estimate of drug-likeness (QED) is 0.879. The van der Waals surface area contributed by atoms with Crippen LogP contribution in [0.5, 0.6) is 0 Å². The number of anilines is 1. The van der Waals surface area contributed by atoms with Crippen molar-refractivity contribution >= 4 is 29.2 Å². The molecule has 21 heavy (non-hydrogen) atoms. The van der Waals surface area contributed by atoms with Gasteiger partial charge in [-0.2, -0.15) is 5.26 Å². The number of ketones is 1. The fourth-order valence-electron chi connectivity index (χ4n) is 1.94.